The maximum absolute atomic E-state index is 14.0. The number of hydrogen-bond acceptors (Lipinski definition) is 6. The Morgan fingerprint density at radius 1 is 1.09 bits per heavy atom. The van der Waals surface area contributed by atoms with E-state index in [9.17, 15) is 19.2 Å². The lowest BCUT2D eigenvalue weighted by Crippen LogP contribution is -2.54. The van der Waals surface area contributed by atoms with E-state index in [0.29, 0.717) is 17.8 Å². The second-order valence-corrected chi connectivity index (χ2v) is 9.64. The molecule has 3 saturated heterocycles. The molecule has 0 aliphatic carbocycles. The van der Waals surface area contributed by atoms with Crippen molar-refractivity contribution in [2.24, 2.45) is 11.8 Å². The van der Waals surface area contributed by atoms with Crippen LogP contribution < -0.4 is 10.2 Å². The van der Waals surface area contributed by atoms with Crippen LogP contribution in [0.2, 0.25) is 0 Å². The fourth-order valence-electron chi connectivity index (χ4n) is 6.69. The van der Waals surface area contributed by atoms with Crippen LogP contribution in [0, 0.1) is 11.8 Å². The molecule has 1 spiro atoms. The Morgan fingerprint density at radius 2 is 1.86 bits per heavy atom. The Morgan fingerprint density at radius 3 is 2.57 bits per heavy atom. The van der Waals surface area contributed by atoms with Crippen LogP contribution in [0.5, 0.6) is 0 Å². The minimum absolute atomic E-state index is 0.165. The number of aryl methyl sites for hydroxylation is 1. The molecule has 0 aromatic heterocycles. The Bertz CT molecular complexity index is 1270. The molecule has 4 heterocycles. The highest BCUT2D eigenvalue weighted by molar-refractivity contribution is 6.26. The van der Waals surface area contributed by atoms with E-state index in [2.05, 4.69) is 17.1 Å². The van der Waals surface area contributed by atoms with E-state index in [1.54, 1.807) is 31.2 Å². The highest BCUT2D eigenvalue weighted by Crippen LogP contribution is 2.60. The summed E-state index contributed by atoms with van der Waals surface area (Å²) in [6, 6.07) is 12.1. The molecule has 0 saturated carbocycles. The summed E-state index contributed by atoms with van der Waals surface area (Å²) in [6.07, 6.45) is 2.45. The van der Waals surface area contributed by atoms with Crippen LogP contribution in [0.15, 0.2) is 42.5 Å². The molecule has 4 atom stereocenters. The van der Waals surface area contributed by atoms with Gasteiger partial charge in [0.2, 0.25) is 17.7 Å². The van der Waals surface area contributed by atoms with Crippen molar-refractivity contribution in [3.63, 3.8) is 0 Å². The van der Waals surface area contributed by atoms with Gasteiger partial charge in [-0.15, -0.1) is 0 Å². The molecule has 0 radical (unpaired) electrons. The zero-order valence-electron chi connectivity index (χ0n) is 19.7. The van der Waals surface area contributed by atoms with E-state index < -0.39 is 23.3 Å². The molecule has 4 aliphatic heterocycles. The number of nitrogens with one attached hydrogen (secondary N) is 1. The van der Waals surface area contributed by atoms with Crippen LogP contribution in [0.1, 0.15) is 48.2 Å². The lowest BCUT2D eigenvalue weighted by molar-refractivity contribution is -0.135. The second-order valence-electron chi connectivity index (χ2n) is 9.64. The van der Waals surface area contributed by atoms with Crippen molar-refractivity contribution in [1.29, 1.82) is 0 Å². The fraction of sp³-hybridized carbons (Fsp3) is 0.407. The Balaban J connectivity index is 1.45. The highest BCUT2D eigenvalue weighted by Gasteiger charge is 2.74. The van der Waals surface area contributed by atoms with Gasteiger partial charge in [0.15, 0.2) is 0 Å². The molecule has 4 aliphatic rings. The molecule has 8 heteroatoms. The van der Waals surface area contributed by atoms with Gasteiger partial charge in [-0.2, -0.15) is 0 Å². The SMILES string of the molecule is CCOC(=O)c1ccc(N2C(=O)[C@@H]3[C@H]4CCCN4[C@]4(C(=O)Nc5ccc(CC)cc54)[C@H]3C2=O)cc1. The lowest BCUT2D eigenvalue weighted by atomic mass is 9.75. The summed E-state index contributed by atoms with van der Waals surface area (Å²) >= 11 is 0. The van der Waals surface area contributed by atoms with Gasteiger partial charge in [0.25, 0.3) is 0 Å². The molecule has 6 rings (SSSR count). The van der Waals surface area contributed by atoms with Crippen molar-refractivity contribution in [3.05, 3.63) is 59.2 Å². The van der Waals surface area contributed by atoms with Gasteiger partial charge in [0, 0.05) is 17.3 Å². The number of carbonyl (C=O) groups is 4. The van der Waals surface area contributed by atoms with Crippen molar-refractivity contribution in [1.82, 2.24) is 4.90 Å². The highest BCUT2D eigenvalue weighted by atomic mass is 16.5. The quantitative estimate of drug-likeness (QED) is 0.542. The molecule has 2 aromatic carbocycles. The maximum Gasteiger partial charge on any atom is 0.338 e. The van der Waals surface area contributed by atoms with Crippen molar-refractivity contribution >= 4 is 35.1 Å². The molecule has 0 bridgehead atoms. The topological polar surface area (TPSA) is 96.0 Å². The van der Waals surface area contributed by atoms with E-state index in [1.807, 2.05) is 18.2 Å². The zero-order chi connectivity index (χ0) is 24.5. The Labute approximate surface area is 203 Å². The fourth-order valence-corrected chi connectivity index (χ4v) is 6.69. The molecule has 35 heavy (non-hydrogen) atoms. The normalized spacial score (nSPS) is 28.9. The predicted molar refractivity (Wildman–Crippen MR) is 128 cm³/mol. The number of hydrogen-bond donors (Lipinski definition) is 1. The van der Waals surface area contributed by atoms with E-state index in [1.165, 1.54) is 4.90 Å². The Hall–Kier alpha value is -3.52. The van der Waals surface area contributed by atoms with E-state index >= 15 is 0 Å². The number of carbonyl (C=O) groups excluding carboxylic acids is 4. The van der Waals surface area contributed by atoms with Crippen LogP contribution in [-0.4, -0.2) is 47.8 Å². The summed E-state index contributed by atoms with van der Waals surface area (Å²) in [7, 11) is 0. The average molecular weight is 474 g/mol. The molecule has 180 valence electrons. The predicted octanol–water partition coefficient (Wildman–Crippen LogP) is 2.86. The minimum atomic E-state index is -1.18. The standard InChI is InChI=1S/C27H27N3O5/c1-3-15-7-12-19-18(14-15)27(26(34)28-19)22-21(20-6-5-13-29(20)27)23(31)30(24(22)32)17-10-8-16(9-11-17)25(33)35-4-2/h7-12,14,20-22H,3-6,13H2,1-2H3,(H,28,34)/t20-,21-,22-,27+/m1/s1. The zero-order valence-corrected chi connectivity index (χ0v) is 19.7. The van der Waals surface area contributed by atoms with Gasteiger partial charge in [0.1, 0.15) is 5.54 Å². The number of ether oxygens (including phenoxy) is 1. The van der Waals surface area contributed by atoms with Crippen molar-refractivity contribution in [2.45, 2.75) is 44.7 Å². The number of anilines is 2. The number of rotatable bonds is 4. The van der Waals surface area contributed by atoms with Crippen molar-refractivity contribution in [2.75, 3.05) is 23.4 Å². The smallest absolute Gasteiger partial charge is 0.338 e. The lowest BCUT2D eigenvalue weighted by Gasteiger charge is -2.36. The number of amides is 3. The summed E-state index contributed by atoms with van der Waals surface area (Å²) in [5.41, 5.74) is 2.19. The molecule has 2 aromatic rings. The summed E-state index contributed by atoms with van der Waals surface area (Å²) in [6.45, 7) is 4.72. The van der Waals surface area contributed by atoms with Crippen LogP contribution in [0.4, 0.5) is 11.4 Å². The van der Waals surface area contributed by atoms with Gasteiger partial charge in [0.05, 0.1) is 29.7 Å². The van der Waals surface area contributed by atoms with E-state index in [0.717, 1.165) is 36.1 Å². The van der Waals surface area contributed by atoms with E-state index in [4.69, 9.17) is 4.74 Å². The summed E-state index contributed by atoms with van der Waals surface area (Å²) in [4.78, 5) is 56.9. The monoisotopic (exact) mass is 473 g/mol. The third-order valence-corrected chi connectivity index (χ3v) is 8.10. The number of esters is 1. The maximum atomic E-state index is 14.0. The summed E-state index contributed by atoms with van der Waals surface area (Å²) in [5, 5.41) is 3.01. The second kappa shape index (κ2) is 7.75. The molecule has 3 amide bonds. The van der Waals surface area contributed by atoms with Crippen LogP contribution in [0.25, 0.3) is 0 Å². The van der Waals surface area contributed by atoms with Crippen molar-refractivity contribution < 1.29 is 23.9 Å². The van der Waals surface area contributed by atoms with Gasteiger partial charge in [-0.1, -0.05) is 19.1 Å². The van der Waals surface area contributed by atoms with Gasteiger partial charge in [-0.05, 0) is 68.6 Å². The van der Waals surface area contributed by atoms with Gasteiger partial charge in [-0.3, -0.25) is 19.3 Å². The van der Waals surface area contributed by atoms with Gasteiger partial charge < -0.3 is 10.1 Å². The molecule has 3 fully saturated rings. The molecule has 1 N–H and O–H groups in total. The van der Waals surface area contributed by atoms with Gasteiger partial charge in [-0.25, -0.2) is 9.69 Å². The summed E-state index contributed by atoms with van der Waals surface area (Å²) in [5.74, 6) is -2.69. The van der Waals surface area contributed by atoms with Crippen LogP contribution in [0.3, 0.4) is 0 Å². The van der Waals surface area contributed by atoms with Gasteiger partial charge >= 0.3 is 5.97 Å². The van der Waals surface area contributed by atoms with Crippen LogP contribution >= 0.6 is 0 Å². The Kier molecular flexibility index (Phi) is 4.86. The average Bonchev–Trinajstić information content (AvgIpc) is 3.57. The third-order valence-electron chi connectivity index (χ3n) is 8.10. The number of benzene rings is 2. The number of nitrogens with zero attached hydrogens (tertiary/aromatic N) is 2. The first-order chi connectivity index (χ1) is 16.9. The molecular weight excluding hydrogens is 446 g/mol. The largest absolute Gasteiger partial charge is 0.462 e. The molecule has 8 nitrogen and oxygen atoms in total. The first-order valence-corrected chi connectivity index (χ1v) is 12.3. The molecular formula is C27H27N3O5. The number of fused-ring (bicyclic) bond motifs is 7. The minimum Gasteiger partial charge on any atom is -0.462 e. The summed E-state index contributed by atoms with van der Waals surface area (Å²) < 4.78 is 5.03. The first-order valence-electron chi connectivity index (χ1n) is 12.3. The van der Waals surface area contributed by atoms with E-state index in [-0.39, 0.29) is 30.4 Å². The first kappa shape index (κ1) is 22.0. The third kappa shape index (κ3) is 2.77. The molecule has 0 unspecified atom stereocenters. The number of imide groups is 1. The van der Waals surface area contributed by atoms with Crippen LogP contribution in [-0.2, 0) is 31.1 Å². The van der Waals surface area contributed by atoms with Crippen molar-refractivity contribution in [3.8, 4) is 0 Å².